The van der Waals surface area contributed by atoms with Gasteiger partial charge in [-0.15, -0.1) is 11.6 Å². The van der Waals surface area contributed by atoms with Gasteiger partial charge in [0.05, 0.1) is 11.6 Å². The van der Waals surface area contributed by atoms with E-state index in [-0.39, 0.29) is 0 Å². The SMILES string of the molecule is ClCc1cc(-c2ccc(Br)cc2)on1. The number of rotatable bonds is 2. The highest BCUT2D eigenvalue weighted by molar-refractivity contribution is 9.10. The van der Waals surface area contributed by atoms with Gasteiger partial charge < -0.3 is 4.52 Å². The van der Waals surface area contributed by atoms with E-state index in [1.54, 1.807) is 0 Å². The fraction of sp³-hybridized carbons (Fsp3) is 0.100. The fourth-order valence-corrected chi connectivity index (χ4v) is 1.52. The lowest BCUT2D eigenvalue weighted by Crippen LogP contribution is -1.73. The molecule has 0 fully saturated rings. The van der Waals surface area contributed by atoms with Gasteiger partial charge in [0.2, 0.25) is 0 Å². The third kappa shape index (κ3) is 1.99. The molecule has 72 valence electrons. The van der Waals surface area contributed by atoms with Crippen molar-refractivity contribution in [2.75, 3.05) is 0 Å². The summed E-state index contributed by atoms with van der Waals surface area (Å²) in [6.45, 7) is 0. The Labute approximate surface area is 95.0 Å². The van der Waals surface area contributed by atoms with E-state index in [1.807, 2.05) is 30.3 Å². The highest BCUT2D eigenvalue weighted by atomic mass is 79.9. The summed E-state index contributed by atoms with van der Waals surface area (Å²) in [5.41, 5.74) is 1.75. The van der Waals surface area contributed by atoms with Crippen LogP contribution in [0.4, 0.5) is 0 Å². The van der Waals surface area contributed by atoms with Gasteiger partial charge in [0.25, 0.3) is 0 Å². The van der Waals surface area contributed by atoms with Gasteiger partial charge in [-0.05, 0) is 12.1 Å². The van der Waals surface area contributed by atoms with E-state index in [0.717, 1.165) is 21.5 Å². The molecule has 2 nitrogen and oxygen atoms in total. The van der Waals surface area contributed by atoms with Crippen molar-refractivity contribution in [1.29, 1.82) is 0 Å². The van der Waals surface area contributed by atoms with Crippen LogP contribution in [0, 0.1) is 0 Å². The number of nitrogens with zero attached hydrogens (tertiary/aromatic N) is 1. The van der Waals surface area contributed by atoms with E-state index >= 15 is 0 Å². The third-order valence-electron chi connectivity index (χ3n) is 1.82. The Morgan fingerprint density at radius 2 is 2.00 bits per heavy atom. The lowest BCUT2D eigenvalue weighted by molar-refractivity contribution is 0.426. The van der Waals surface area contributed by atoms with E-state index in [2.05, 4.69) is 21.1 Å². The minimum atomic E-state index is 0.375. The molecule has 0 saturated carbocycles. The molecular formula is C10H7BrClNO. The second-order valence-corrected chi connectivity index (χ2v) is 4.01. The molecule has 1 aromatic heterocycles. The zero-order chi connectivity index (χ0) is 9.97. The topological polar surface area (TPSA) is 26.0 Å². The van der Waals surface area contributed by atoms with Gasteiger partial charge in [0.15, 0.2) is 5.76 Å². The average Bonchev–Trinajstić information content (AvgIpc) is 2.67. The van der Waals surface area contributed by atoms with Crippen LogP contribution in [-0.4, -0.2) is 5.16 Å². The normalized spacial score (nSPS) is 10.4. The van der Waals surface area contributed by atoms with Crippen molar-refractivity contribution in [1.82, 2.24) is 5.16 Å². The molecule has 0 spiro atoms. The minimum absolute atomic E-state index is 0.375. The lowest BCUT2D eigenvalue weighted by Gasteiger charge is -1.94. The van der Waals surface area contributed by atoms with Crippen molar-refractivity contribution in [3.63, 3.8) is 0 Å². The maximum atomic E-state index is 5.62. The molecule has 0 bridgehead atoms. The van der Waals surface area contributed by atoms with Gasteiger partial charge in [-0.25, -0.2) is 0 Å². The van der Waals surface area contributed by atoms with E-state index < -0.39 is 0 Å². The Kier molecular flexibility index (Phi) is 2.89. The molecule has 0 aliphatic rings. The lowest BCUT2D eigenvalue weighted by atomic mass is 10.2. The van der Waals surface area contributed by atoms with E-state index in [0.29, 0.717) is 5.88 Å². The van der Waals surface area contributed by atoms with Gasteiger partial charge in [-0.1, -0.05) is 33.2 Å². The van der Waals surface area contributed by atoms with E-state index in [4.69, 9.17) is 16.1 Å². The monoisotopic (exact) mass is 271 g/mol. The fourth-order valence-electron chi connectivity index (χ4n) is 1.12. The smallest absolute Gasteiger partial charge is 0.167 e. The molecule has 1 aromatic carbocycles. The molecule has 14 heavy (non-hydrogen) atoms. The van der Waals surface area contributed by atoms with Crippen molar-refractivity contribution < 1.29 is 4.52 Å². The maximum absolute atomic E-state index is 5.62. The number of alkyl halides is 1. The molecule has 0 unspecified atom stereocenters. The van der Waals surface area contributed by atoms with Crippen molar-refractivity contribution in [3.8, 4) is 11.3 Å². The minimum Gasteiger partial charge on any atom is -0.356 e. The molecule has 4 heteroatoms. The molecule has 0 atom stereocenters. The van der Waals surface area contributed by atoms with Crippen LogP contribution in [0.5, 0.6) is 0 Å². The van der Waals surface area contributed by atoms with Gasteiger partial charge in [0, 0.05) is 16.1 Å². The molecule has 0 aliphatic carbocycles. The average molecular weight is 273 g/mol. The van der Waals surface area contributed by atoms with Gasteiger partial charge >= 0.3 is 0 Å². The van der Waals surface area contributed by atoms with Crippen LogP contribution in [0.15, 0.2) is 39.3 Å². The summed E-state index contributed by atoms with van der Waals surface area (Å²) in [6.07, 6.45) is 0. The number of halogens is 2. The molecule has 0 amide bonds. The number of aromatic nitrogens is 1. The summed E-state index contributed by atoms with van der Waals surface area (Å²) >= 11 is 8.99. The zero-order valence-corrected chi connectivity index (χ0v) is 9.55. The summed E-state index contributed by atoms with van der Waals surface area (Å²) < 4.78 is 6.17. The third-order valence-corrected chi connectivity index (χ3v) is 2.63. The van der Waals surface area contributed by atoms with Crippen LogP contribution in [0.1, 0.15) is 5.69 Å². The van der Waals surface area contributed by atoms with Crippen molar-refractivity contribution in [2.24, 2.45) is 0 Å². The molecule has 0 radical (unpaired) electrons. The van der Waals surface area contributed by atoms with Crippen LogP contribution in [-0.2, 0) is 5.88 Å². The second-order valence-electron chi connectivity index (χ2n) is 2.82. The Morgan fingerprint density at radius 1 is 1.29 bits per heavy atom. The van der Waals surface area contributed by atoms with Gasteiger partial charge in [0.1, 0.15) is 0 Å². The molecule has 0 aliphatic heterocycles. The van der Waals surface area contributed by atoms with Crippen LogP contribution >= 0.6 is 27.5 Å². The zero-order valence-electron chi connectivity index (χ0n) is 7.21. The first-order chi connectivity index (χ1) is 6.79. The number of benzene rings is 1. The first kappa shape index (κ1) is 9.74. The standard InChI is InChI=1S/C10H7BrClNO/c11-8-3-1-7(2-4-8)10-5-9(6-12)13-14-10/h1-5H,6H2. The van der Waals surface area contributed by atoms with Crippen LogP contribution < -0.4 is 0 Å². The summed E-state index contributed by atoms with van der Waals surface area (Å²) in [7, 11) is 0. The highest BCUT2D eigenvalue weighted by Crippen LogP contribution is 2.22. The maximum Gasteiger partial charge on any atom is 0.167 e. The quantitative estimate of drug-likeness (QED) is 0.776. The van der Waals surface area contributed by atoms with Gasteiger partial charge in [-0.3, -0.25) is 0 Å². The van der Waals surface area contributed by atoms with Crippen molar-refractivity contribution in [3.05, 3.63) is 40.5 Å². The summed E-state index contributed by atoms with van der Waals surface area (Å²) in [5.74, 6) is 1.12. The number of hydrogen-bond acceptors (Lipinski definition) is 2. The van der Waals surface area contributed by atoms with Crippen molar-refractivity contribution >= 4 is 27.5 Å². The molecule has 2 aromatic rings. The summed E-state index contributed by atoms with van der Waals surface area (Å²) in [4.78, 5) is 0. The second kappa shape index (κ2) is 4.15. The van der Waals surface area contributed by atoms with Crippen molar-refractivity contribution in [2.45, 2.75) is 5.88 Å². The Bertz CT molecular complexity index is 424. The molecule has 1 heterocycles. The summed E-state index contributed by atoms with van der Waals surface area (Å²) in [5, 5.41) is 3.81. The van der Waals surface area contributed by atoms with Crippen LogP contribution in [0.25, 0.3) is 11.3 Å². The number of hydrogen-bond donors (Lipinski definition) is 0. The molecular weight excluding hydrogens is 265 g/mol. The first-order valence-electron chi connectivity index (χ1n) is 4.07. The largest absolute Gasteiger partial charge is 0.356 e. The van der Waals surface area contributed by atoms with Crippen LogP contribution in [0.3, 0.4) is 0 Å². The first-order valence-corrected chi connectivity index (χ1v) is 5.40. The molecule has 0 N–H and O–H groups in total. The Morgan fingerprint density at radius 3 is 2.57 bits per heavy atom. The van der Waals surface area contributed by atoms with E-state index in [9.17, 15) is 0 Å². The van der Waals surface area contributed by atoms with Crippen LogP contribution in [0.2, 0.25) is 0 Å². The Hall–Kier alpha value is -0.800. The van der Waals surface area contributed by atoms with E-state index in [1.165, 1.54) is 0 Å². The van der Waals surface area contributed by atoms with Gasteiger partial charge in [-0.2, -0.15) is 0 Å². The Balaban J connectivity index is 2.34. The summed E-state index contributed by atoms with van der Waals surface area (Å²) in [6, 6.07) is 9.68. The highest BCUT2D eigenvalue weighted by Gasteiger charge is 2.05. The predicted octanol–water partition coefficient (Wildman–Crippen LogP) is 3.84. The molecule has 0 saturated heterocycles. The predicted molar refractivity (Wildman–Crippen MR) is 59.2 cm³/mol. The molecule has 2 rings (SSSR count).